The van der Waals surface area contributed by atoms with E-state index in [0.717, 1.165) is 6.42 Å². The number of allylic oxidation sites excluding steroid dienone is 2. The van der Waals surface area contributed by atoms with Crippen molar-refractivity contribution in [1.29, 1.82) is 0 Å². The molecule has 2 unspecified atom stereocenters. The van der Waals surface area contributed by atoms with Crippen molar-refractivity contribution in [2.75, 3.05) is 0 Å². The smallest absolute Gasteiger partial charge is 0.0253 e. The number of fused-ring (bicyclic) bond motifs is 2. The minimum atomic E-state index is 0.504. The molecule has 25 heavy (non-hydrogen) atoms. The van der Waals surface area contributed by atoms with Crippen LogP contribution in [0.1, 0.15) is 65.5 Å². The predicted molar refractivity (Wildman–Crippen MR) is 115 cm³/mol. The maximum atomic E-state index is 3.76. The summed E-state index contributed by atoms with van der Waals surface area (Å²) in [6.45, 7) is 8.94. The van der Waals surface area contributed by atoms with Crippen molar-refractivity contribution in [1.82, 2.24) is 0 Å². The average Bonchev–Trinajstić information content (AvgIpc) is 3.00. The normalized spacial score (nSPS) is 21.0. The summed E-state index contributed by atoms with van der Waals surface area (Å²) in [5.74, 6) is 1.01. The van der Waals surface area contributed by atoms with E-state index in [1.807, 2.05) is 0 Å². The molecule has 0 saturated carbocycles. The van der Waals surface area contributed by atoms with E-state index in [1.165, 1.54) is 53.5 Å². The van der Waals surface area contributed by atoms with Crippen molar-refractivity contribution >= 4 is 44.0 Å². The summed E-state index contributed by atoms with van der Waals surface area (Å²) in [5.41, 5.74) is 11.3. The van der Waals surface area contributed by atoms with E-state index in [0.29, 0.717) is 11.8 Å². The molecule has 0 radical (unpaired) electrons. The van der Waals surface area contributed by atoms with Gasteiger partial charge in [-0.25, -0.2) is 0 Å². The fourth-order valence-electron chi connectivity index (χ4n) is 4.45. The highest BCUT2D eigenvalue weighted by atomic mass is 79.9. The minimum Gasteiger partial charge on any atom is -0.0651 e. The molecule has 128 valence electrons. The summed E-state index contributed by atoms with van der Waals surface area (Å²) in [4.78, 5) is 0. The predicted octanol–water partition coefficient (Wildman–Crippen LogP) is 7.92. The largest absolute Gasteiger partial charge is 0.0651 e. The summed E-state index contributed by atoms with van der Waals surface area (Å²) in [5, 5.41) is 0. The molecule has 2 aliphatic carbocycles. The van der Waals surface area contributed by atoms with E-state index < -0.39 is 0 Å². The molecule has 0 aliphatic heterocycles. The second-order valence-electron chi connectivity index (χ2n) is 7.62. The highest BCUT2D eigenvalue weighted by molar-refractivity contribution is 9.10. The van der Waals surface area contributed by atoms with Gasteiger partial charge in [-0.3, -0.25) is 0 Å². The Kier molecular flexibility index (Phi) is 4.32. The van der Waals surface area contributed by atoms with Crippen LogP contribution in [0, 0.1) is 13.8 Å². The van der Waals surface area contributed by atoms with Gasteiger partial charge in [0, 0.05) is 20.8 Å². The maximum absolute atomic E-state index is 3.76. The van der Waals surface area contributed by atoms with Crippen LogP contribution < -0.4 is 0 Å². The summed E-state index contributed by atoms with van der Waals surface area (Å²) < 4.78 is 2.45. The van der Waals surface area contributed by atoms with Crippen LogP contribution in [0.2, 0.25) is 0 Å². The van der Waals surface area contributed by atoms with Crippen molar-refractivity contribution < 1.29 is 0 Å². The molecule has 4 rings (SSSR count). The molecule has 0 fully saturated rings. The van der Waals surface area contributed by atoms with Gasteiger partial charge in [-0.05, 0) is 79.6 Å². The topological polar surface area (TPSA) is 0 Å². The standard InChI is InChI=1S/C23H22Br2/c1-12-5-18-16(14(3)9-20(18)22(24)7-12)11-17-15(4)10-21-19(17)6-13(2)8-23(21)25/h5-10,16-17H,11H2,1-4H3. The average molecular weight is 458 g/mol. The third kappa shape index (κ3) is 2.88. The van der Waals surface area contributed by atoms with Gasteiger partial charge in [0.05, 0.1) is 0 Å². The van der Waals surface area contributed by atoms with Crippen LogP contribution in [0.3, 0.4) is 0 Å². The molecule has 2 aliphatic rings. The van der Waals surface area contributed by atoms with Crippen LogP contribution >= 0.6 is 31.9 Å². The molecule has 2 atom stereocenters. The number of hydrogen-bond acceptors (Lipinski definition) is 0. The molecule has 2 heteroatoms. The van der Waals surface area contributed by atoms with Crippen LogP contribution in [0.15, 0.2) is 44.4 Å². The lowest BCUT2D eigenvalue weighted by Gasteiger charge is -2.22. The molecule has 0 heterocycles. The number of hydrogen-bond donors (Lipinski definition) is 0. The Balaban J connectivity index is 1.75. The first kappa shape index (κ1) is 17.3. The molecule has 0 amide bonds. The minimum absolute atomic E-state index is 0.504. The lowest BCUT2D eigenvalue weighted by atomic mass is 9.81. The first-order valence-corrected chi connectivity index (χ1v) is 10.4. The van der Waals surface area contributed by atoms with Crippen molar-refractivity contribution in [3.05, 3.63) is 77.7 Å². The Morgan fingerprint density at radius 2 is 1.08 bits per heavy atom. The van der Waals surface area contributed by atoms with Gasteiger partial charge in [0.15, 0.2) is 0 Å². The zero-order valence-electron chi connectivity index (χ0n) is 15.1. The van der Waals surface area contributed by atoms with Gasteiger partial charge in [0.1, 0.15) is 0 Å². The van der Waals surface area contributed by atoms with Gasteiger partial charge in [-0.15, -0.1) is 0 Å². The fraction of sp³-hybridized carbons (Fsp3) is 0.304. The zero-order valence-corrected chi connectivity index (χ0v) is 18.3. The van der Waals surface area contributed by atoms with Crippen LogP contribution in [0.4, 0.5) is 0 Å². The third-order valence-corrected chi connectivity index (χ3v) is 6.99. The lowest BCUT2D eigenvalue weighted by molar-refractivity contribution is 0.641. The second-order valence-corrected chi connectivity index (χ2v) is 9.33. The number of halogens is 2. The van der Waals surface area contributed by atoms with Crippen molar-refractivity contribution in [2.45, 2.75) is 46.0 Å². The number of aryl methyl sites for hydroxylation is 2. The van der Waals surface area contributed by atoms with Gasteiger partial charge >= 0.3 is 0 Å². The molecule has 2 aromatic rings. The van der Waals surface area contributed by atoms with E-state index >= 15 is 0 Å². The Morgan fingerprint density at radius 3 is 1.48 bits per heavy atom. The van der Waals surface area contributed by atoms with Crippen molar-refractivity contribution in [3.63, 3.8) is 0 Å². The third-order valence-electron chi connectivity index (χ3n) is 5.68. The summed E-state index contributed by atoms with van der Waals surface area (Å²) in [7, 11) is 0. The molecule has 0 aromatic heterocycles. The Bertz CT molecular complexity index is 870. The van der Waals surface area contributed by atoms with Crippen LogP contribution in [-0.2, 0) is 0 Å². The van der Waals surface area contributed by atoms with Gasteiger partial charge in [-0.1, -0.05) is 67.3 Å². The van der Waals surface area contributed by atoms with E-state index in [1.54, 1.807) is 0 Å². The highest BCUT2D eigenvalue weighted by Crippen LogP contribution is 2.49. The van der Waals surface area contributed by atoms with E-state index in [9.17, 15) is 0 Å². The number of benzene rings is 2. The maximum Gasteiger partial charge on any atom is 0.0253 e. The molecular weight excluding hydrogens is 436 g/mol. The van der Waals surface area contributed by atoms with Gasteiger partial charge in [0.25, 0.3) is 0 Å². The molecule has 0 spiro atoms. The van der Waals surface area contributed by atoms with Gasteiger partial charge in [0.2, 0.25) is 0 Å². The van der Waals surface area contributed by atoms with Crippen molar-refractivity contribution in [3.8, 4) is 0 Å². The van der Waals surface area contributed by atoms with E-state index in [4.69, 9.17) is 0 Å². The van der Waals surface area contributed by atoms with Gasteiger partial charge in [-0.2, -0.15) is 0 Å². The second kappa shape index (κ2) is 6.25. The summed E-state index contributed by atoms with van der Waals surface area (Å²) in [6, 6.07) is 9.20. The molecular formula is C23H22Br2. The first-order chi connectivity index (χ1) is 11.8. The summed E-state index contributed by atoms with van der Waals surface area (Å²) in [6.07, 6.45) is 5.88. The fourth-order valence-corrected chi connectivity index (χ4v) is 5.86. The Labute approximate surface area is 167 Å². The van der Waals surface area contributed by atoms with E-state index in [2.05, 4.69) is 96.0 Å². The molecule has 0 saturated heterocycles. The summed E-state index contributed by atoms with van der Waals surface area (Å²) >= 11 is 7.52. The molecule has 2 aromatic carbocycles. The SMILES string of the molecule is CC1=Cc2c(Br)cc(C)cc2C1CC1C(C)=Cc2c(Br)cc(C)cc21. The first-order valence-electron chi connectivity index (χ1n) is 8.81. The molecule has 0 nitrogen and oxygen atoms in total. The Morgan fingerprint density at radius 1 is 0.680 bits per heavy atom. The van der Waals surface area contributed by atoms with Crippen LogP contribution in [0.5, 0.6) is 0 Å². The van der Waals surface area contributed by atoms with Crippen molar-refractivity contribution in [2.24, 2.45) is 0 Å². The van der Waals surface area contributed by atoms with Crippen LogP contribution in [0.25, 0.3) is 12.2 Å². The van der Waals surface area contributed by atoms with E-state index in [-0.39, 0.29) is 0 Å². The molecule has 0 bridgehead atoms. The van der Waals surface area contributed by atoms with Crippen LogP contribution in [-0.4, -0.2) is 0 Å². The van der Waals surface area contributed by atoms with Gasteiger partial charge < -0.3 is 0 Å². The Hall–Kier alpha value is -1.12. The quantitative estimate of drug-likeness (QED) is 0.429. The zero-order chi connectivity index (χ0) is 17.9. The highest BCUT2D eigenvalue weighted by Gasteiger charge is 2.31. The monoisotopic (exact) mass is 456 g/mol. The lowest BCUT2D eigenvalue weighted by Crippen LogP contribution is -2.06. The number of rotatable bonds is 2. The molecule has 0 N–H and O–H groups in total.